The van der Waals surface area contributed by atoms with Crippen molar-refractivity contribution in [3.8, 4) is 11.5 Å². The number of pyridine rings is 1. The second kappa shape index (κ2) is 3.31. The molecule has 1 aromatic carbocycles. The molecule has 0 aliphatic carbocycles. The molecule has 15 heavy (non-hydrogen) atoms. The maximum absolute atomic E-state index is 11.1. The second-order valence-corrected chi connectivity index (χ2v) is 3.39. The molecule has 0 aliphatic rings. The molecule has 2 rings (SSSR count). The van der Waals surface area contributed by atoms with Crippen LogP contribution in [-0.2, 0) is 0 Å². The van der Waals surface area contributed by atoms with E-state index >= 15 is 0 Å². The molecule has 0 aliphatic heterocycles. The van der Waals surface area contributed by atoms with Crippen molar-refractivity contribution in [3.05, 3.63) is 34.1 Å². The predicted octanol–water partition coefficient (Wildman–Crippen LogP) is 1.55. The number of aryl methyl sites for hydroxylation is 1. The smallest absolute Gasteiger partial charge is 0.252 e. The Morgan fingerprint density at radius 3 is 2.73 bits per heavy atom. The molecule has 2 N–H and O–H groups in total. The predicted molar refractivity (Wildman–Crippen MR) is 57.5 cm³/mol. The summed E-state index contributed by atoms with van der Waals surface area (Å²) in [5, 5.41) is 10.2. The van der Waals surface area contributed by atoms with Crippen molar-refractivity contribution >= 4 is 10.9 Å². The van der Waals surface area contributed by atoms with Gasteiger partial charge >= 0.3 is 0 Å². The molecule has 0 bridgehead atoms. The number of rotatable bonds is 1. The summed E-state index contributed by atoms with van der Waals surface area (Å²) >= 11 is 0. The van der Waals surface area contributed by atoms with Crippen molar-refractivity contribution in [1.82, 2.24) is 4.98 Å². The third-order valence-corrected chi connectivity index (χ3v) is 2.34. The van der Waals surface area contributed by atoms with E-state index in [4.69, 9.17) is 4.74 Å². The van der Waals surface area contributed by atoms with Crippen LogP contribution < -0.4 is 10.3 Å². The molecule has 0 atom stereocenters. The lowest BCUT2D eigenvalue weighted by molar-refractivity contribution is 0.412. The van der Waals surface area contributed by atoms with E-state index in [1.54, 1.807) is 19.2 Å². The zero-order valence-corrected chi connectivity index (χ0v) is 8.50. The molecule has 1 aromatic heterocycles. The molecule has 4 nitrogen and oxygen atoms in total. The summed E-state index contributed by atoms with van der Waals surface area (Å²) in [6.07, 6.45) is 0. The summed E-state index contributed by atoms with van der Waals surface area (Å²) in [6.45, 7) is 1.88. The first kappa shape index (κ1) is 9.58. The van der Waals surface area contributed by atoms with E-state index in [-0.39, 0.29) is 11.3 Å². The van der Waals surface area contributed by atoms with Crippen LogP contribution in [0.1, 0.15) is 5.56 Å². The minimum atomic E-state index is -0.328. The van der Waals surface area contributed by atoms with Gasteiger partial charge in [-0.3, -0.25) is 4.79 Å². The Hall–Kier alpha value is -1.97. The molecule has 0 unspecified atom stereocenters. The summed E-state index contributed by atoms with van der Waals surface area (Å²) in [7, 11) is 1.56. The number of aromatic hydroxyl groups is 1. The third kappa shape index (κ3) is 1.54. The molecule has 78 valence electrons. The minimum Gasteiger partial charge on any atom is -0.507 e. The number of benzene rings is 1. The number of aromatic amines is 1. The van der Waals surface area contributed by atoms with Gasteiger partial charge in [0.25, 0.3) is 5.56 Å². The molecule has 1 heterocycles. The van der Waals surface area contributed by atoms with E-state index in [9.17, 15) is 9.90 Å². The first-order valence-electron chi connectivity index (χ1n) is 4.52. The highest BCUT2D eigenvalue weighted by Gasteiger charge is 2.06. The fourth-order valence-corrected chi connectivity index (χ4v) is 1.59. The van der Waals surface area contributed by atoms with Gasteiger partial charge in [-0.25, -0.2) is 0 Å². The quantitative estimate of drug-likeness (QED) is 0.742. The molecular weight excluding hydrogens is 194 g/mol. The average Bonchev–Trinajstić information content (AvgIpc) is 2.18. The van der Waals surface area contributed by atoms with Crippen LogP contribution >= 0.6 is 0 Å². The van der Waals surface area contributed by atoms with Gasteiger partial charge in [0.05, 0.1) is 12.6 Å². The lowest BCUT2D eigenvalue weighted by Crippen LogP contribution is -2.03. The molecule has 0 saturated heterocycles. The Balaban J connectivity index is 2.87. The number of aromatic nitrogens is 1. The average molecular weight is 205 g/mol. The number of fused-ring (bicyclic) bond motifs is 1. The largest absolute Gasteiger partial charge is 0.507 e. The van der Waals surface area contributed by atoms with E-state index in [0.717, 1.165) is 11.6 Å². The lowest BCUT2D eigenvalue weighted by Gasteiger charge is -2.07. The summed E-state index contributed by atoms with van der Waals surface area (Å²) in [5.41, 5.74) is 1.15. The van der Waals surface area contributed by atoms with Gasteiger partial charge in [-0.1, -0.05) is 0 Å². The number of H-pyrrole nitrogens is 1. The van der Waals surface area contributed by atoms with Crippen LogP contribution in [0.3, 0.4) is 0 Å². The van der Waals surface area contributed by atoms with Gasteiger partial charge in [-0.05, 0) is 18.6 Å². The molecule has 0 saturated carbocycles. The standard InChI is InChI=1S/C11H11NO3/c1-6-3-7-8(4-10(6)15-2)12-11(14)5-9(7)13/h3-5H,1-2H3,(H2,12,13,14). The number of hydrogen-bond acceptors (Lipinski definition) is 3. The fourth-order valence-electron chi connectivity index (χ4n) is 1.59. The Morgan fingerprint density at radius 2 is 2.07 bits per heavy atom. The lowest BCUT2D eigenvalue weighted by atomic mass is 10.1. The van der Waals surface area contributed by atoms with Crippen molar-refractivity contribution < 1.29 is 9.84 Å². The maximum Gasteiger partial charge on any atom is 0.252 e. The normalized spacial score (nSPS) is 10.5. The van der Waals surface area contributed by atoms with Crippen LogP contribution in [0.2, 0.25) is 0 Å². The first-order valence-corrected chi connectivity index (χ1v) is 4.52. The molecule has 2 aromatic rings. The Labute approximate surface area is 86.1 Å². The van der Waals surface area contributed by atoms with Crippen LogP contribution in [0, 0.1) is 6.92 Å². The molecule has 4 heteroatoms. The summed E-state index contributed by atoms with van der Waals surface area (Å²) in [6, 6.07) is 4.64. The third-order valence-electron chi connectivity index (χ3n) is 2.34. The highest BCUT2D eigenvalue weighted by molar-refractivity contribution is 5.86. The van der Waals surface area contributed by atoms with Gasteiger partial charge in [-0.2, -0.15) is 0 Å². The van der Waals surface area contributed by atoms with E-state index in [0.29, 0.717) is 16.7 Å². The van der Waals surface area contributed by atoms with Gasteiger partial charge in [-0.15, -0.1) is 0 Å². The SMILES string of the molecule is COc1cc2[nH]c(=O)cc(O)c2cc1C. The van der Waals surface area contributed by atoms with Crippen LogP contribution in [0.4, 0.5) is 0 Å². The molecule has 0 fully saturated rings. The van der Waals surface area contributed by atoms with Crippen molar-refractivity contribution in [2.24, 2.45) is 0 Å². The molecule has 0 spiro atoms. The van der Waals surface area contributed by atoms with Gasteiger partial charge in [0.1, 0.15) is 11.5 Å². The topological polar surface area (TPSA) is 62.3 Å². The van der Waals surface area contributed by atoms with Crippen LogP contribution in [0.15, 0.2) is 23.0 Å². The van der Waals surface area contributed by atoms with E-state index in [1.807, 2.05) is 6.92 Å². The van der Waals surface area contributed by atoms with Crippen molar-refractivity contribution in [2.75, 3.05) is 7.11 Å². The number of methoxy groups -OCH3 is 1. The monoisotopic (exact) mass is 205 g/mol. The van der Waals surface area contributed by atoms with Crippen molar-refractivity contribution in [2.45, 2.75) is 6.92 Å². The van der Waals surface area contributed by atoms with Crippen LogP contribution in [0.25, 0.3) is 10.9 Å². The van der Waals surface area contributed by atoms with Gasteiger partial charge < -0.3 is 14.8 Å². The Morgan fingerprint density at radius 1 is 1.33 bits per heavy atom. The molecule has 0 amide bonds. The van der Waals surface area contributed by atoms with Crippen LogP contribution in [0.5, 0.6) is 11.5 Å². The fraction of sp³-hybridized carbons (Fsp3) is 0.182. The van der Waals surface area contributed by atoms with Crippen LogP contribution in [-0.4, -0.2) is 17.2 Å². The zero-order chi connectivity index (χ0) is 11.0. The first-order chi connectivity index (χ1) is 7.11. The summed E-state index contributed by atoms with van der Waals surface area (Å²) < 4.78 is 5.13. The minimum absolute atomic E-state index is 0.0143. The zero-order valence-electron chi connectivity index (χ0n) is 8.50. The van der Waals surface area contributed by atoms with Crippen molar-refractivity contribution in [1.29, 1.82) is 0 Å². The second-order valence-electron chi connectivity index (χ2n) is 3.39. The van der Waals surface area contributed by atoms with Crippen molar-refractivity contribution in [3.63, 3.8) is 0 Å². The highest BCUT2D eigenvalue weighted by atomic mass is 16.5. The van der Waals surface area contributed by atoms with E-state index in [2.05, 4.69) is 4.98 Å². The highest BCUT2D eigenvalue weighted by Crippen LogP contribution is 2.27. The van der Waals surface area contributed by atoms with Gasteiger partial charge in [0.15, 0.2) is 0 Å². The number of ether oxygens (including phenoxy) is 1. The number of nitrogens with one attached hydrogen (secondary N) is 1. The van der Waals surface area contributed by atoms with Gasteiger partial charge in [0.2, 0.25) is 0 Å². The summed E-state index contributed by atoms with van der Waals surface area (Å²) in [5.74, 6) is 0.670. The molecule has 0 radical (unpaired) electrons. The van der Waals surface area contributed by atoms with Gasteiger partial charge in [0, 0.05) is 17.5 Å². The van der Waals surface area contributed by atoms with E-state index < -0.39 is 0 Å². The summed E-state index contributed by atoms with van der Waals surface area (Å²) in [4.78, 5) is 13.8. The van der Waals surface area contributed by atoms with E-state index in [1.165, 1.54) is 0 Å². The Kier molecular flexibility index (Phi) is 2.11. The maximum atomic E-state index is 11.1. The number of hydrogen-bond donors (Lipinski definition) is 2. The molecular formula is C11H11NO3. The Bertz CT molecular complexity index is 572.